The summed E-state index contributed by atoms with van der Waals surface area (Å²) in [6, 6.07) is 0.340. The number of aromatic nitrogens is 2. The zero-order valence-corrected chi connectivity index (χ0v) is 14.8. The standard InChI is InChI=1S/C16H27N5O2.ClH/c22-11-12-4-3-9-21(12)8-2-1-6-18-16(23)15-13-10-17-7-5-14(13)19-20-15;/h12,17,22H,1-11H2,(H,18,23)(H,19,20);1H. The highest BCUT2D eigenvalue weighted by atomic mass is 35.5. The van der Waals surface area contributed by atoms with Crippen LogP contribution in [-0.2, 0) is 13.0 Å². The number of hydrogen-bond acceptors (Lipinski definition) is 5. The number of unbranched alkanes of at least 4 members (excludes halogenated alkanes) is 1. The van der Waals surface area contributed by atoms with Gasteiger partial charge in [0.1, 0.15) is 0 Å². The number of fused-ring (bicyclic) bond motifs is 1. The van der Waals surface area contributed by atoms with Crippen molar-refractivity contribution in [2.45, 2.75) is 44.7 Å². The third kappa shape index (κ3) is 4.47. The Balaban J connectivity index is 0.00000208. The zero-order valence-electron chi connectivity index (χ0n) is 14.0. The van der Waals surface area contributed by atoms with Crippen molar-refractivity contribution in [3.8, 4) is 0 Å². The van der Waals surface area contributed by atoms with Gasteiger partial charge in [0.2, 0.25) is 0 Å². The van der Waals surface area contributed by atoms with Crippen LogP contribution in [0.4, 0.5) is 0 Å². The second-order valence-corrected chi connectivity index (χ2v) is 6.43. The Labute approximate surface area is 149 Å². The summed E-state index contributed by atoms with van der Waals surface area (Å²) >= 11 is 0. The molecule has 3 heterocycles. The van der Waals surface area contributed by atoms with Crippen LogP contribution < -0.4 is 10.6 Å². The second-order valence-electron chi connectivity index (χ2n) is 6.43. The molecular weight excluding hydrogens is 330 g/mol. The fourth-order valence-electron chi connectivity index (χ4n) is 3.53. The minimum absolute atomic E-state index is 0. The first kappa shape index (κ1) is 19.2. The lowest BCUT2D eigenvalue weighted by molar-refractivity contribution is 0.0946. The van der Waals surface area contributed by atoms with Crippen LogP contribution in [0.3, 0.4) is 0 Å². The Kier molecular flexibility index (Phi) is 7.48. The molecule has 1 saturated heterocycles. The predicted molar refractivity (Wildman–Crippen MR) is 94.5 cm³/mol. The zero-order chi connectivity index (χ0) is 16.1. The number of carbonyl (C=O) groups is 1. The highest BCUT2D eigenvalue weighted by Crippen LogP contribution is 2.17. The third-order valence-electron chi connectivity index (χ3n) is 4.89. The van der Waals surface area contributed by atoms with Crippen LogP contribution in [0, 0.1) is 0 Å². The molecule has 1 aromatic heterocycles. The maximum atomic E-state index is 12.2. The highest BCUT2D eigenvalue weighted by molar-refractivity contribution is 5.94. The van der Waals surface area contributed by atoms with Gasteiger partial charge in [0.15, 0.2) is 5.69 Å². The van der Waals surface area contributed by atoms with E-state index in [2.05, 4.69) is 25.7 Å². The van der Waals surface area contributed by atoms with Gasteiger partial charge in [-0.15, -0.1) is 12.4 Å². The van der Waals surface area contributed by atoms with Gasteiger partial charge < -0.3 is 15.7 Å². The van der Waals surface area contributed by atoms with Crippen molar-refractivity contribution in [2.75, 3.05) is 32.8 Å². The number of halogens is 1. The van der Waals surface area contributed by atoms with E-state index in [0.29, 0.717) is 24.8 Å². The number of carbonyl (C=O) groups excluding carboxylic acids is 1. The minimum Gasteiger partial charge on any atom is -0.395 e. The summed E-state index contributed by atoms with van der Waals surface area (Å²) in [5, 5.41) is 22.7. The summed E-state index contributed by atoms with van der Waals surface area (Å²) in [5.41, 5.74) is 2.63. The molecule has 3 rings (SSSR count). The van der Waals surface area contributed by atoms with Crippen molar-refractivity contribution in [3.63, 3.8) is 0 Å². The van der Waals surface area contributed by atoms with Crippen LogP contribution in [0.15, 0.2) is 0 Å². The lowest BCUT2D eigenvalue weighted by Crippen LogP contribution is -2.33. The van der Waals surface area contributed by atoms with Crippen LogP contribution in [0.5, 0.6) is 0 Å². The van der Waals surface area contributed by atoms with Gasteiger partial charge in [0.05, 0.1) is 6.61 Å². The molecule has 1 fully saturated rings. The molecular formula is C16H28ClN5O2. The number of nitrogens with zero attached hydrogens (tertiary/aromatic N) is 2. The van der Waals surface area contributed by atoms with Crippen molar-refractivity contribution in [1.29, 1.82) is 0 Å². The molecule has 136 valence electrons. The van der Waals surface area contributed by atoms with E-state index in [4.69, 9.17) is 0 Å². The number of hydrogen-bond donors (Lipinski definition) is 4. The molecule has 2 aliphatic heterocycles. The van der Waals surface area contributed by atoms with Gasteiger partial charge in [-0.3, -0.25) is 14.8 Å². The molecule has 1 unspecified atom stereocenters. The molecule has 7 nitrogen and oxygen atoms in total. The number of rotatable bonds is 7. The lowest BCUT2D eigenvalue weighted by atomic mass is 10.1. The first-order valence-electron chi connectivity index (χ1n) is 8.69. The molecule has 1 atom stereocenters. The van der Waals surface area contributed by atoms with Gasteiger partial charge in [-0.2, -0.15) is 5.10 Å². The molecule has 0 radical (unpaired) electrons. The van der Waals surface area contributed by atoms with E-state index in [1.807, 2.05) is 0 Å². The van der Waals surface area contributed by atoms with Crippen molar-refractivity contribution in [3.05, 3.63) is 17.0 Å². The van der Waals surface area contributed by atoms with Crippen molar-refractivity contribution in [2.24, 2.45) is 0 Å². The maximum absolute atomic E-state index is 12.2. The largest absolute Gasteiger partial charge is 0.395 e. The van der Waals surface area contributed by atoms with Crippen LogP contribution >= 0.6 is 12.4 Å². The molecule has 0 spiro atoms. The molecule has 0 saturated carbocycles. The maximum Gasteiger partial charge on any atom is 0.272 e. The molecule has 4 N–H and O–H groups in total. The van der Waals surface area contributed by atoms with Crippen LogP contribution in [0.1, 0.15) is 47.4 Å². The van der Waals surface area contributed by atoms with E-state index in [0.717, 1.165) is 56.6 Å². The quantitative estimate of drug-likeness (QED) is 0.531. The summed E-state index contributed by atoms with van der Waals surface area (Å²) < 4.78 is 0. The van der Waals surface area contributed by atoms with Gasteiger partial charge in [-0.25, -0.2) is 0 Å². The minimum atomic E-state index is -0.0828. The SMILES string of the molecule is Cl.O=C(NCCCCN1CCCC1CO)c1n[nH]c2c1CNCC2. The predicted octanol–water partition coefficient (Wildman–Crippen LogP) is 0.444. The van der Waals surface area contributed by atoms with E-state index in [1.54, 1.807) is 0 Å². The van der Waals surface area contributed by atoms with E-state index >= 15 is 0 Å². The van der Waals surface area contributed by atoms with Gasteiger partial charge in [-0.05, 0) is 38.8 Å². The molecule has 8 heteroatoms. The molecule has 1 aromatic rings. The normalized spacial score (nSPS) is 20.5. The Morgan fingerprint density at radius 1 is 1.42 bits per heavy atom. The monoisotopic (exact) mass is 357 g/mol. The Hall–Kier alpha value is -1.15. The second kappa shape index (κ2) is 9.36. The molecule has 0 aliphatic carbocycles. The third-order valence-corrected chi connectivity index (χ3v) is 4.89. The average Bonchev–Trinajstić information content (AvgIpc) is 3.20. The van der Waals surface area contributed by atoms with E-state index in [-0.39, 0.29) is 24.9 Å². The summed E-state index contributed by atoms with van der Waals surface area (Å²) in [5.74, 6) is -0.0828. The smallest absolute Gasteiger partial charge is 0.272 e. The number of aliphatic hydroxyl groups excluding tert-OH is 1. The fourth-order valence-corrected chi connectivity index (χ4v) is 3.53. The summed E-state index contributed by atoms with van der Waals surface area (Å²) in [6.45, 7) is 4.67. The number of amides is 1. The van der Waals surface area contributed by atoms with Crippen molar-refractivity contribution < 1.29 is 9.90 Å². The molecule has 0 bridgehead atoms. The average molecular weight is 358 g/mol. The summed E-state index contributed by atoms with van der Waals surface area (Å²) in [6.07, 6.45) is 5.17. The number of aromatic amines is 1. The Bertz CT molecular complexity index is 537. The van der Waals surface area contributed by atoms with Crippen LogP contribution in [-0.4, -0.2) is 64.9 Å². The number of likely N-dealkylation sites (tertiary alicyclic amines) is 1. The van der Waals surface area contributed by atoms with Gasteiger partial charge in [0.25, 0.3) is 5.91 Å². The van der Waals surface area contributed by atoms with Crippen molar-refractivity contribution >= 4 is 18.3 Å². The topological polar surface area (TPSA) is 93.3 Å². The van der Waals surface area contributed by atoms with Crippen molar-refractivity contribution in [1.82, 2.24) is 25.7 Å². The first-order chi connectivity index (χ1) is 11.3. The fraction of sp³-hybridized carbons (Fsp3) is 0.750. The lowest BCUT2D eigenvalue weighted by Gasteiger charge is -2.22. The van der Waals surface area contributed by atoms with Crippen LogP contribution in [0.2, 0.25) is 0 Å². The van der Waals surface area contributed by atoms with Gasteiger partial charge in [-0.1, -0.05) is 0 Å². The molecule has 24 heavy (non-hydrogen) atoms. The van der Waals surface area contributed by atoms with E-state index < -0.39 is 0 Å². The molecule has 1 amide bonds. The highest BCUT2D eigenvalue weighted by Gasteiger charge is 2.23. The van der Waals surface area contributed by atoms with E-state index in [9.17, 15) is 9.90 Å². The number of nitrogens with one attached hydrogen (secondary N) is 3. The van der Waals surface area contributed by atoms with Gasteiger partial charge in [0, 0.05) is 43.4 Å². The first-order valence-corrected chi connectivity index (χ1v) is 8.69. The van der Waals surface area contributed by atoms with Crippen LogP contribution in [0.25, 0.3) is 0 Å². The number of H-pyrrole nitrogens is 1. The number of aliphatic hydroxyl groups is 1. The van der Waals surface area contributed by atoms with E-state index in [1.165, 1.54) is 6.42 Å². The summed E-state index contributed by atoms with van der Waals surface area (Å²) in [7, 11) is 0. The Morgan fingerprint density at radius 2 is 2.29 bits per heavy atom. The molecule has 2 aliphatic rings. The summed E-state index contributed by atoms with van der Waals surface area (Å²) in [4.78, 5) is 14.6. The molecule has 0 aromatic carbocycles. The van der Waals surface area contributed by atoms with Gasteiger partial charge >= 0.3 is 0 Å². The Morgan fingerprint density at radius 3 is 3.12 bits per heavy atom.